The maximum absolute atomic E-state index is 13.6. The molecule has 1 unspecified atom stereocenters. The molecule has 5 heteroatoms. The molecule has 0 bridgehead atoms. The van der Waals surface area contributed by atoms with Gasteiger partial charge in [-0.15, -0.1) is 0 Å². The van der Waals surface area contributed by atoms with Crippen molar-refractivity contribution in [1.82, 2.24) is 14.5 Å². The minimum atomic E-state index is -0.335. The van der Waals surface area contributed by atoms with E-state index in [4.69, 9.17) is 4.98 Å². The number of aryl methyl sites for hydroxylation is 2. The highest BCUT2D eigenvalue weighted by Gasteiger charge is 2.27. The Morgan fingerprint density at radius 2 is 1.80 bits per heavy atom. The molecule has 2 aromatic carbocycles. The van der Waals surface area contributed by atoms with E-state index in [1.54, 1.807) is 4.57 Å². The van der Waals surface area contributed by atoms with Crippen LogP contribution in [-0.2, 0) is 4.79 Å². The van der Waals surface area contributed by atoms with Gasteiger partial charge in [0.1, 0.15) is 5.82 Å². The Hall–Kier alpha value is -2.95. The van der Waals surface area contributed by atoms with Crippen molar-refractivity contribution < 1.29 is 4.79 Å². The molecule has 1 aromatic heterocycles. The number of benzene rings is 2. The van der Waals surface area contributed by atoms with Crippen molar-refractivity contribution >= 4 is 16.8 Å². The smallest absolute Gasteiger partial charge is 0.266 e. The monoisotopic (exact) mass is 405 g/mol. The van der Waals surface area contributed by atoms with Gasteiger partial charge in [0.05, 0.1) is 22.6 Å². The molecular formula is C25H31N3O2. The number of nitrogens with zero attached hydrogens (tertiary/aromatic N) is 3. The molecule has 0 fully saturated rings. The van der Waals surface area contributed by atoms with Gasteiger partial charge in [0.15, 0.2) is 0 Å². The van der Waals surface area contributed by atoms with E-state index in [-0.39, 0.29) is 17.5 Å². The fraction of sp³-hybridized carbons (Fsp3) is 0.400. The van der Waals surface area contributed by atoms with Gasteiger partial charge in [-0.2, -0.15) is 0 Å². The molecule has 0 aliphatic carbocycles. The Bertz CT molecular complexity index is 1130. The van der Waals surface area contributed by atoms with Gasteiger partial charge in [0, 0.05) is 13.0 Å². The van der Waals surface area contributed by atoms with Crippen LogP contribution < -0.4 is 5.56 Å². The highest BCUT2D eigenvalue weighted by atomic mass is 16.2. The summed E-state index contributed by atoms with van der Waals surface area (Å²) in [5.41, 5.74) is 3.48. The van der Waals surface area contributed by atoms with Gasteiger partial charge in [0.25, 0.3) is 5.56 Å². The maximum Gasteiger partial charge on any atom is 0.266 e. The summed E-state index contributed by atoms with van der Waals surface area (Å²) >= 11 is 0. The first-order valence-corrected chi connectivity index (χ1v) is 10.6. The third-order valence-electron chi connectivity index (χ3n) is 5.42. The minimum absolute atomic E-state index is 0.0609. The summed E-state index contributed by atoms with van der Waals surface area (Å²) in [6.07, 6.45) is 0.415. The van der Waals surface area contributed by atoms with Crippen molar-refractivity contribution in [2.75, 3.05) is 6.54 Å². The minimum Gasteiger partial charge on any atom is -0.333 e. The molecule has 1 amide bonds. The second-order valence-corrected chi connectivity index (χ2v) is 8.39. The maximum atomic E-state index is 13.6. The average molecular weight is 406 g/mol. The van der Waals surface area contributed by atoms with Crippen LogP contribution in [0.3, 0.4) is 0 Å². The van der Waals surface area contributed by atoms with Crippen LogP contribution in [0.4, 0.5) is 0 Å². The van der Waals surface area contributed by atoms with Gasteiger partial charge in [-0.1, -0.05) is 50.6 Å². The van der Waals surface area contributed by atoms with E-state index in [2.05, 4.69) is 19.9 Å². The fourth-order valence-electron chi connectivity index (χ4n) is 3.93. The van der Waals surface area contributed by atoms with Crippen LogP contribution in [0, 0.1) is 19.8 Å². The highest BCUT2D eigenvalue weighted by molar-refractivity contribution is 5.79. The van der Waals surface area contributed by atoms with Crippen molar-refractivity contribution in [1.29, 1.82) is 0 Å². The van der Waals surface area contributed by atoms with Gasteiger partial charge in [0.2, 0.25) is 5.91 Å². The van der Waals surface area contributed by atoms with E-state index in [9.17, 15) is 9.59 Å². The van der Waals surface area contributed by atoms with Crippen molar-refractivity contribution in [2.24, 2.45) is 5.92 Å². The second kappa shape index (κ2) is 8.82. The standard InChI is InChI=1S/C25H31N3O2/c1-7-23(29)27(15-16(2)3)19(6)24-26-21-11-9-8-10-20(21)25(30)28(24)22-13-12-17(4)14-18(22)5/h8-14,16,19H,7,15H2,1-6H3. The molecule has 0 saturated heterocycles. The first-order valence-electron chi connectivity index (χ1n) is 10.6. The predicted molar refractivity (Wildman–Crippen MR) is 122 cm³/mol. The normalized spacial score (nSPS) is 12.4. The lowest BCUT2D eigenvalue weighted by molar-refractivity contribution is -0.133. The van der Waals surface area contributed by atoms with Crippen LogP contribution in [0.15, 0.2) is 47.3 Å². The Kier molecular flexibility index (Phi) is 6.40. The molecular weight excluding hydrogens is 374 g/mol. The largest absolute Gasteiger partial charge is 0.333 e. The summed E-state index contributed by atoms with van der Waals surface area (Å²) in [5, 5.41) is 0.575. The van der Waals surface area contributed by atoms with Crippen LogP contribution in [-0.4, -0.2) is 26.9 Å². The van der Waals surface area contributed by atoms with Gasteiger partial charge >= 0.3 is 0 Å². The van der Waals surface area contributed by atoms with Gasteiger partial charge in [-0.3, -0.25) is 14.2 Å². The molecule has 3 rings (SSSR count). The molecule has 0 N–H and O–H groups in total. The van der Waals surface area contributed by atoms with Gasteiger partial charge in [-0.05, 0) is 50.5 Å². The van der Waals surface area contributed by atoms with E-state index >= 15 is 0 Å². The summed E-state index contributed by atoms with van der Waals surface area (Å²) in [5.74, 6) is 0.962. The van der Waals surface area contributed by atoms with E-state index in [1.165, 1.54) is 0 Å². The first-order chi connectivity index (χ1) is 14.2. The van der Waals surface area contributed by atoms with E-state index in [0.29, 0.717) is 35.6 Å². The van der Waals surface area contributed by atoms with Crippen molar-refractivity contribution in [3.05, 3.63) is 69.8 Å². The summed E-state index contributed by atoms with van der Waals surface area (Å²) in [7, 11) is 0. The SMILES string of the molecule is CCC(=O)N(CC(C)C)C(C)c1nc2ccccc2c(=O)n1-c1ccc(C)cc1C. The van der Waals surface area contributed by atoms with E-state index < -0.39 is 0 Å². The topological polar surface area (TPSA) is 55.2 Å². The van der Waals surface area contributed by atoms with Crippen molar-refractivity contribution in [3.63, 3.8) is 0 Å². The van der Waals surface area contributed by atoms with Crippen LogP contribution in [0.5, 0.6) is 0 Å². The first kappa shape index (κ1) is 21.8. The molecule has 5 nitrogen and oxygen atoms in total. The lowest BCUT2D eigenvalue weighted by Gasteiger charge is -2.32. The Morgan fingerprint density at radius 3 is 2.43 bits per heavy atom. The zero-order chi connectivity index (χ0) is 22.0. The summed E-state index contributed by atoms with van der Waals surface area (Å²) in [4.78, 5) is 33.1. The zero-order valence-electron chi connectivity index (χ0n) is 18.8. The van der Waals surface area contributed by atoms with E-state index in [0.717, 1.165) is 16.8 Å². The highest BCUT2D eigenvalue weighted by Crippen LogP contribution is 2.26. The number of carbonyl (C=O) groups is 1. The number of amides is 1. The number of hydrogen-bond donors (Lipinski definition) is 0. The zero-order valence-corrected chi connectivity index (χ0v) is 18.8. The fourth-order valence-corrected chi connectivity index (χ4v) is 3.93. The number of carbonyl (C=O) groups excluding carboxylic acids is 1. The van der Waals surface area contributed by atoms with Crippen LogP contribution in [0.25, 0.3) is 16.6 Å². The number of rotatable bonds is 6. The number of hydrogen-bond acceptors (Lipinski definition) is 3. The quantitative estimate of drug-likeness (QED) is 0.582. The van der Waals surface area contributed by atoms with Crippen molar-refractivity contribution in [2.45, 2.75) is 54.0 Å². The molecule has 0 spiro atoms. The number of para-hydroxylation sites is 1. The third kappa shape index (κ3) is 4.16. The lowest BCUT2D eigenvalue weighted by Crippen LogP contribution is -2.39. The van der Waals surface area contributed by atoms with Crippen LogP contribution >= 0.6 is 0 Å². The Labute approximate surface area is 178 Å². The van der Waals surface area contributed by atoms with Crippen LogP contribution in [0.1, 0.15) is 57.1 Å². The third-order valence-corrected chi connectivity index (χ3v) is 5.42. The van der Waals surface area contributed by atoms with E-state index in [1.807, 2.05) is 69.0 Å². The lowest BCUT2D eigenvalue weighted by atomic mass is 10.1. The molecule has 0 aliphatic rings. The molecule has 158 valence electrons. The summed E-state index contributed by atoms with van der Waals surface area (Å²) < 4.78 is 1.69. The predicted octanol–water partition coefficient (Wildman–Crippen LogP) is 4.96. The molecule has 0 radical (unpaired) electrons. The number of fused-ring (bicyclic) bond motifs is 1. The Morgan fingerprint density at radius 1 is 1.10 bits per heavy atom. The Balaban J connectivity index is 2.31. The molecule has 0 aliphatic heterocycles. The molecule has 0 saturated carbocycles. The van der Waals surface area contributed by atoms with Gasteiger partial charge in [-0.25, -0.2) is 4.98 Å². The van der Waals surface area contributed by atoms with Crippen LogP contribution in [0.2, 0.25) is 0 Å². The second-order valence-electron chi connectivity index (χ2n) is 8.39. The average Bonchev–Trinajstić information content (AvgIpc) is 2.71. The summed E-state index contributed by atoms with van der Waals surface area (Å²) in [6, 6.07) is 13.1. The summed E-state index contributed by atoms with van der Waals surface area (Å²) in [6.45, 7) is 12.7. The number of aromatic nitrogens is 2. The van der Waals surface area contributed by atoms with Gasteiger partial charge < -0.3 is 4.90 Å². The molecule has 1 atom stereocenters. The molecule has 3 aromatic rings. The van der Waals surface area contributed by atoms with Crippen molar-refractivity contribution in [3.8, 4) is 5.69 Å². The molecule has 1 heterocycles. The molecule has 30 heavy (non-hydrogen) atoms.